The molecule has 0 saturated carbocycles. The van der Waals surface area contributed by atoms with E-state index < -0.39 is 0 Å². The molecule has 14 heavy (non-hydrogen) atoms. The largest absolute Gasteiger partial charge is 0.301 e. The summed E-state index contributed by atoms with van der Waals surface area (Å²) in [7, 11) is 0. The van der Waals surface area contributed by atoms with Crippen LogP contribution in [0.2, 0.25) is 0 Å². The van der Waals surface area contributed by atoms with Crippen LogP contribution >= 0.6 is 11.5 Å². The van der Waals surface area contributed by atoms with E-state index in [1.807, 2.05) is 20.8 Å². The second-order valence-corrected chi connectivity index (χ2v) is 4.83. The van der Waals surface area contributed by atoms with Gasteiger partial charge in [-0.15, -0.1) is 0 Å². The zero-order valence-corrected chi connectivity index (χ0v) is 9.73. The van der Waals surface area contributed by atoms with E-state index in [9.17, 15) is 4.79 Å². The Labute approximate surface area is 87.9 Å². The molecule has 0 fully saturated rings. The van der Waals surface area contributed by atoms with Gasteiger partial charge >= 0.3 is 0 Å². The van der Waals surface area contributed by atoms with Crippen molar-refractivity contribution < 1.29 is 4.79 Å². The summed E-state index contributed by atoms with van der Waals surface area (Å²) in [5.41, 5.74) is -0.0638. The average molecular weight is 213 g/mol. The number of carbonyl (C=O) groups is 1. The van der Waals surface area contributed by atoms with Crippen LogP contribution in [-0.2, 0) is 10.2 Å². The van der Waals surface area contributed by atoms with Crippen LogP contribution in [0.15, 0.2) is 0 Å². The minimum absolute atomic E-state index is 0.0263. The van der Waals surface area contributed by atoms with E-state index in [0.717, 1.165) is 5.82 Å². The molecule has 5 heteroatoms. The summed E-state index contributed by atoms with van der Waals surface area (Å²) in [6.45, 7) is 7.93. The standard InChI is InChI=1S/C9H15N3OS/c1-5-6(13)10-8-11-7(12-14-8)9(2,3)4/h5H2,1-4H3,(H,10,11,12,13). The summed E-state index contributed by atoms with van der Waals surface area (Å²) in [6, 6.07) is 0. The number of hydrogen-bond donors (Lipinski definition) is 1. The van der Waals surface area contributed by atoms with E-state index in [1.165, 1.54) is 11.5 Å². The summed E-state index contributed by atoms with van der Waals surface area (Å²) >= 11 is 1.23. The Morgan fingerprint density at radius 1 is 1.50 bits per heavy atom. The molecular weight excluding hydrogens is 198 g/mol. The summed E-state index contributed by atoms with van der Waals surface area (Å²) in [5.74, 6) is 0.746. The first kappa shape index (κ1) is 11.1. The lowest BCUT2D eigenvalue weighted by atomic mass is 9.96. The van der Waals surface area contributed by atoms with Crippen LogP contribution in [0.1, 0.15) is 39.9 Å². The number of carbonyl (C=O) groups excluding carboxylic acids is 1. The number of amides is 1. The Balaban J connectivity index is 2.74. The molecule has 0 saturated heterocycles. The van der Waals surface area contributed by atoms with E-state index in [1.54, 1.807) is 6.92 Å². The van der Waals surface area contributed by atoms with E-state index in [4.69, 9.17) is 0 Å². The zero-order chi connectivity index (χ0) is 10.8. The van der Waals surface area contributed by atoms with Gasteiger partial charge in [-0.05, 0) is 0 Å². The molecule has 1 aromatic rings. The van der Waals surface area contributed by atoms with Crippen molar-refractivity contribution in [2.75, 3.05) is 5.32 Å². The normalized spacial score (nSPS) is 11.4. The van der Waals surface area contributed by atoms with Crippen molar-refractivity contribution in [1.29, 1.82) is 0 Å². The molecule has 0 atom stereocenters. The van der Waals surface area contributed by atoms with Crippen molar-refractivity contribution >= 4 is 22.6 Å². The zero-order valence-electron chi connectivity index (χ0n) is 8.92. The second-order valence-electron chi connectivity index (χ2n) is 4.07. The quantitative estimate of drug-likeness (QED) is 0.819. The first-order valence-corrected chi connectivity index (χ1v) is 5.35. The molecule has 0 spiro atoms. The average Bonchev–Trinajstić information content (AvgIpc) is 2.51. The van der Waals surface area contributed by atoms with Crippen LogP contribution in [0.3, 0.4) is 0 Å². The monoisotopic (exact) mass is 213 g/mol. The van der Waals surface area contributed by atoms with Crippen LogP contribution in [0.25, 0.3) is 0 Å². The number of aromatic nitrogens is 2. The van der Waals surface area contributed by atoms with Gasteiger partial charge in [0.1, 0.15) is 5.82 Å². The lowest BCUT2D eigenvalue weighted by Crippen LogP contribution is -2.14. The van der Waals surface area contributed by atoms with Gasteiger partial charge in [0.2, 0.25) is 11.0 Å². The second kappa shape index (κ2) is 4.04. The van der Waals surface area contributed by atoms with Gasteiger partial charge < -0.3 is 5.32 Å². The highest BCUT2D eigenvalue weighted by molar-refractivity contribution is 7.09. The maximum absolute atomic E-state index is 11.1. The molecule has 1 aromatic heterocycles. The molecule has 1 amide bonds. The van der Waals surface area contributed by atoms with Crippen molar-refractivity contribution in [2.45, 2.75) is 39.5 Å². The van der Waals surface area contributed by atoms with Crippen LogP contribution in [-0.4, -0.2) is 15.3 Å². The minimum atomic E-state index is -0.0638. The van der Waals surface area contributed by atoms with Gasteiger partial charge in [-0.3, -0.25) is 4.79 Å². The Morgan fingerprint density at radius 2 is 2.14 bits per heavy atom. The topological polar surface area (TPSA) is 54.9 Å². The molecular formula is C9H15N3OS. The molecule has 0 aliphatic rings. The summed E-state index contributed by atoms with van der Waals surface area (Å²) in [6.07, 6.45) is 0.463. The highest BCUT2D eigenvalue weighted by Gasteiger charge is 2.19. The predicted molar refractivity (Wildman–Crippen MR) is 57.5 cm³/mol. The smallest absolute Gasteiger partial charge is 0.225 e. The van der Waals surface area contributed by atoms with Crippen LogP contribution in [0.4, 0.5) is 5.13 Å². The SMILES string of the molecule is CCC(=O)Nc1nc(C(C)(C)C)ns1. The van der Waals surface area contributed by atoms with Crippen molar-refractivity contribution in [3.63, 3.8) is 0 Å². The van der Waals surface area contributed by atoms with Crippen molar-refractivity contribution in [1.82, 2.24) is 9.36 Å². The molecule has 1 heterocycles. The Morgan fingerprint density at radius 3 is 2.57 bits per heavy atom. The fraction of sp³-hybridized carbons (Fsp3) is 0.667. The lowest BCUT2D eigenvalue weighted by Gasteiger charge is -2.12. The third kappa shape index (κ3) is 2.77. The molecule has 0 bridgehead atoms. The maximum atomic E-state index is 11.1. The lowest BCUT2D eigenvalue weighted by molar-refractivity contribution is -0.115. The molecule has 1 rings (SSSR count). The molecule has 0 radical (unpaired) electrons. The number of hydrogen-bond acceptors (Lipinski definition) is 4. The maximum Gasteiger partial charge on any atom is 0.225 e. The third-order valence-corrected chi connectivity index (χ3v) is 2.29. The van der Waals surface area contributed by atoms with E-state index in [-0.39, 0.29) is 11.3 Å². The minimum Gasteiger partial charge on any atom is -0.301 e. The fourth-order valence-electron chi connectivity index (χ4n) is 0.787. The third-order valence-electron chi connectivity index (χ3n) is 1.66. The van der Waals surface area contributed by atoms with E-state index in [0.29, 0.717) is 11.6 Å². The number of nitrogens with one attached hydrogen (secondary N) is 1. The van der Waals surface area contributed by atoms with Gasteiger partial charge in [0.05, 0.1) is 0 Å². The summed E-state index contributed by atoms with van der Waals surface area (Å²) in [4.78, 5) is 15.3. The number of anilines is 1. The molecule has 0 unspecified atom stereocenters. The Hall–Kier alpha value is -0.970. The van der Waals surface area contributed by atoms with Gasteiger partial charge in [-0.2, -0.15) is 4.37 Å². The first-order chi connectivity index (χ1) is 6.43. The summed E-state index contributed by atoms with van der Waals surface area (Å²) < 4.78 is 4.19. The van der Waals surface area contributed by atoms with Gasteiger partial charge in [0.15, 0.2) is 0 Å². The molecule has 0 aromatic carbocycles. The fourth-order valence-corrected chi connectivity index (χ4v) is 1.56. The first-order valence-electron chi connectivity index (χ1n) is 4.57. The molecule has 4 nitrogen and oxygen atoms in total. The molecule has 0 aliphatic carbocycles. The van der Waals surface area contributed by atoms with Gasteiger partial charge in [-0.25, -0.2) is 4.98 Å². The van der Waals surface area contributed by atoms with Gasteiger partial charge in [0, 0.05) is 23.4 Å². The Bertz CT molecular complexity index is 327. The van der Waals surface area contributed by atoms with E-state index in [2.05, 4.69) is 14.7 Å². The van der Waals surface area contributed by atoms with Crippen LogP contribution < -0.4 is 5.32 Å². The number of rotatable bonds is 2. The molecule has 78 valence electrons. The van der Waals surface area contributed by atoms with Crippen molar-refractivity contribution in [2.24, 2.45) is 0 Å². The van der Waals surface area contributed by atoms with Crippen LogP contribution in [0.5, 0.6) is 0 Å². The highest BCUT2D eigenvalue weighted by atomic mass is 32.1. The van der Waals surface area contributed by atoms with Gasteiger partial charge in [0.25, 0.3) is 0 Å². The van der Waals surface area contributed by atoms with Crippen LogP contribution in [0, 0.1) is 0 Å². The highest BCUT2D eigenvalue weighted by Crippen LogP contribution is 2.22. The summed E-state index contributed by atoms with van der Waals surface area (Å²) in [5, 5.41) is 3.28. The van der Waals surface area contributed by atoms with Crippen molar-refractivity contribution in [3.05, 3.63) is 5.82 Å². The van der Waals surface area contributed by atoms with Crippen molar-refractivity contribution in [3.8, 4) is 0 Å². The van der Waals surface area contributed by atoms with E-state index >= 15 is 0 Å². The number of nitrogens with zero attached hydrogens (tertiary/aromatic N) is 2. The molecule has 1 N–H and O–H groups in total. The Kier molecular flexibility index (Phi) is 3.21. The molecule has 0 aliphatic heterocycles. The van der Waals surface area contributed by atoms with Gasteiger partial charge in [-0.1, -0.05) is 27.7 Å². The predicted octanol–water partition coefficient (Wildman–Crippen LogP) is 2.18.